The SMILES string of the molecule is CC(C)C(C)C=CC(C)C1CCC2C3CC(O)C4(O)CC(O)CCC4(C)C3C(O)CC12C. The highest BCUT2D eigenvalue weighted by molar-refractivity contribution is 5.19. The number of rotatable bonds is 4. The normalized spacial score (nSPS) is 53.0. The second-order valence-electron chi connectivity index (χ2n) is 13.1. The maximum atomic E-state index is 11.6. The molecule has 0 heterocycles. The van der Waals surface area contributed by atoms with E-state index in [1.165, 1.54) is 6.42 Å². The highest BCUT2D eigenvalue weighted by Crippen LogP contribution is 2.69. The fraction of sp³-hybridized carbons (Fsp3) is 0.929. The van der Waals surface area contributed by atoms with Crippen molar-refractivity contribution in [3.05, 3.63) is 12.2 Å². The number of hydrogen-bond acceptors (Lipinski definition) is 4. The van der Waals surface area contributed by atoms with Gasteiger partial charge in [-0.1, -0.05) is 53.7 Å². The predicted molar refractivity (Wildman–Crippen MR) is 128 cm³/mol. The van der Waals surface area contributed by atoms with Gasteiger partial charge in [-0.25, -0.2) is 0 Å². The van der Waals surface area contributed by atoms with Gasteiger partial charge in [-0.2, -0.15) is 0 Å². The average Bonchev–Trinajstić information content (AvgIpc) is 3.04. The van der Waals surface area contributed by atoms with Gasteiger partial charge in [0.1, 0.15) is 0 Å². The first-order chi connectivity index (χ1) is 14.8. The van der Waals surface area contributed by atoms with Gasteiger partial charge in [0.25, 0.3) is 0 Å². The molecule has 0 aliphatic heterocycles. The van der Waals surface area contributed by atoms with Crippen LogP contribution in [-0.4, -0.2) is 44.3 Å². The Bertz CT molecular complexity index is 720. The summed E-state index contributed by atoms with van der Waals surface area (Å²) in [5.41, 5.74) is -1.79. The van der Waals surface area contributed by atoms with Crippen LogP contribution in [0.3, 0.4) is 0 Å². The van der Waals surface area contributed by atoms with Crippen LogP contribution in [0.15, 0.2) is 12.2 Å². The molecule has 32 heavy (non-hydrogen) atoms. The molecule has 4 saturated carbocycles. The fourth-order valence-electron chi connectivity index (χ4n) is 8.99. The van der Waals surface area contributed by atoms with Crippen LogP contribution in [0.5, 0.6) is 0 Å². The number of aliphatic hydroxyl groups excluding tert-OH is 3. The van der Waals surface area contributed by atoms with E-state index >= 15 is 0 Å². The molecule has 4 aliphatic rings. The van der Waals surface area contributed by atoms with Crippen molar-refractivity contribution in [3.63, 3.8) is 0 Å². The van der Waals surface area contributed by atoms with E-state index in [-0.39, 0.29) is 23.7 Å². The molecule has 0 aromatic carbocycles. The summed E-state index contributed by atoms with van der Waals surface area (Å²) in [5.74, 6) is 2.92. The van der Waals surface area contributed by atoms with E-state index in [1.54, 1.807) is 0 Å². The topological polar surface area (TPSA) is 80.9 Å². The number of aliphatic hydroxyl groups is 4. The standard InChI is InChI=1S/C28H48O4/c1-16(2)17(3)7-8-18(4)21-9-10-22-20-13-24(31)28(32)14-19(29)11-12-27(28,6)25(20)23(30)15-26(21,22)5/h7-8,16-25,29-32H,9-15H2,1-6H3. The number of fused-ring (bicyclic) bond motifs is 5. The Morgan fingerprint density at radius 2 is 1.59 bits per heavy atom. The highest BCUT2D eigenvalue weighted by Gasteiger charge is 2.69. The van der Waals surface area contributed by atoms with Gasteiger partial charge >= 0.3 is 0 Å². The predicted octanol–water partition coefficient (Wildman–Crippen LogP) is 4.55. The minimum absolute atomic E-state index is 0.00737. The Kier molecular flexibility index (Phi) is 6.45. The molecule has 12 atom stereocenters. The van der Waals surface area contributed by atoms with E-state index in [1.807, 2.05) is 0 Å². The summed E-state index contributed by atoms with van der Waals surface area (Å²) in [6.07, 6.45) is 8.11. The first-order valence-corrected chi connectivity index (χ1v) is 13.3. The van der Waals surface area contributed by atoms with E-state index in [4.69, 9.17) is 0 Å². The van der Waals surface area contributed by atoms with E-state index in [0.717, 1.165) is 12.8 Å². The van der Waals surface area contributed by atoms with Crippen molar-refractivity contribution in [2.45, 2.75) is 110 Å². The lowest BCUT2D eigenvalue weighted by Crippen LogP contribution is -2.71. The van der Waals surface area contributed by atoms with Crippen molar-refractivity contribution in [3.8, 4) is 0 Å². The Balaban J connectivity index is 1.61. The van der Waals surface area contributed by atoms with Crippen LogP contribution in [0.4, 0.5) is 0 Å². The molecule has 0 amide bonds. The zero-order chi connectivity index (χ0) is 23.6. The summed E-state index contributed by atoms with van der Waals surface area (Å²) in [4.78, 5) is 0. The quantitative estimate of drug-likeness (QED) is 0.476. The van der Waals surface area contributed by atoms with Gasteiger partial charge in [0.15, 0.2) is 0 Å². The van der Waals surface area contributed by atoms with Crippen molar-refractivity contribution in [2.24, 2.45) is 52.3 Å². The summed E-state index contributed by atoms with van der Waals surface area (Å²) in [7, 11) is 0. The first kappa shape index (κ1) is 24.7. The Morgan fingerprint density at radius 3 is 2.25 bits per heavy atom. The molecule has 0 spiro atoms. The maximum Gasteiger partial charge on any atom is 0.0986 e. The molecular formula is C28H48O4. The minimum atomic E-state index is -1.30. The summed E-state index contributed by atoms with van der Waals surface area (Å²) in [6, 6.07) is 0. The lowest BCUT2D eigenvalue weighted by Gasteiger charge is -2.66. The second-order valence-corrected chi connectivity index (χ2v) is 13.1. The highest BCUT2D eigenvalue weighted by atomic mass is 16.3. The lowest BCUT2D eigenvalue weighted by molar-refractivity contribution is -0.282. The smallest absolute Gasteiger partial charge is 0.0986 e. The van der Waals surface area contributed by atoms with Gasteiger partial charge in [-0.05, 0) is 85.4 Å². The van der Waals surface area contributed by atoms with Crippen molar-refractivity contribution in [1.82, 2.24) is 0 Å². The van der Waals surface area contributed by atoms with Gasteiger partial charge in [0.2, 0.25) is 0 Å². The average molecular weight is 449 g/mol. The van der Waals surface area contributed by atoms with Crippen LogP contribution in [-0.2, 0) is 0 Å². The van der Waals surface area contributed by atoms with Gasteiger partial charge < -0.3 is 20.4 Å². The molecule has 0 bridgehead atoms. The van der Waals surface area contributed by atoms with Crippen LogP contribution in [0, 0.1) is 52.3 Å². The summed E-state index contributed by atoms with van der Waals surface area (Å²) in [6.45, 7) is 13.6. The third-order valence-corrected chi connectivity index (χ3v) is 11.2. The number of allylic oxidation sites excluding steroid dienone is 2. The van der Waals surface area contributed by atoms with Crippen molar-refractivity contribution >= 4 is 0 Å². The molecule has 0 radical (unpaired) electrons. The molecule has 0 aromatic heterocycles. The monoisotopic (exact) mass is 448 g/mol. The van der Waals surface area contributed by atoms with Gasteiger partial charge in [-0.3, -0.25) is 0 Å². The second kappa shape index (κ2) is 8.36. The van der Waals surface area contributed by atoms with Crippen LogP contribution in [0.25, 0.3) is 0 Å². The number of hydrogen-bond donors (Lipinski definition) is 4. The molecule has 12 unspecified atom stereocenters. The maximum absolute atomic E-state index is 11.6. The van der Waals surface area contributed by atoms with E-state index < -0.39 is 29.3 Å². The molecule has 184 valence electrons. The van der Waals surface area contributed by atoms with Crippen LogP contribution < -0.4 is 0 Å². The van der Waals surface area contributed by atoms with Crippen LogP contribution >= 0.6 is 0 Å². The van der Waals surface area contributed by atoms with Crippen LogP contribution in [0.2, 0.25) is 0 Å². The third-order valence-electron chi connectivity index (χ3n) is 11.2. The van der Waals surface area contributed by atoms with E-state index in [2.05, 4.69) is 53.7 Å². The Morgan fingerprint density at radius 1 is 0.906 bits per heavy atom. The van der Waals surface area contributed by atoms with Gasteiger partial charge in [-0.15, -0.1) is 0 Å². The molecule has 4 N–H and O–H groups in total. The zero-order valence-corrected chi connectivity index (χ0v) is 21.2. The largest absolute Gasteiger partial charge is 0.393 e. The molecule has 4 fully saturated rings. The van der Waals surface area contributed by atoms with Gasteiger partial charge in [0, 0.05) is 11.8 Å². The fourth-order valence-corrected chi connectivity index (χ4v) is 8.99. The summed E-state index contributed by atoms with van der Waals surface area (Å²) in [5, 5.41) is 44.7. The molecule has 4 aliphatic carbocycles. The van der Waals surface area contributed by atoms with E-state index in [0.29, 0.717) is 48.9 Å². The summed E-state index contributed by atoms with van der Waals surface area (Å²) >= 11 is 0. The van der Waals surface area contributed by atoms with Crippen LogP contribution in [0.1, 0.15) is 86.5 Å². The van der Waals surface area contributed by atoms with Crippen molar-refractivity contribution in [2.75, 3.05) is 0 Å². The Hall–Kier alpha value is -0.420. The van der Waals surface area contributed by atoms with Crippen molar-refractivity contribution < 1.29 is 20.4 Å². The third kappa shape index (κ3) is 3.54. The van der Waals surface area contributed by atoms with E-state index in [9.17, 15) is 20.4 Å². The summed E-state index contributed by atoms with van der Waals surface area (Å²) < 4.78 is 0. The molecule has 4 heteroatoms. The lowest BCUT2D eigenvalue weighted by atomic mass is 9.41. The minimum Gasteiger partial charge on any atom is -0.393 e. The molecule has 0 aromatic rings. The zero-order valence-electron chi connectivity index (χ0n) is 21.2. The van der Waals surface area contributed by atoms with Gasteiger partial charge in [0.05, 0.1) is 23.9 Å². The Labute approximate surface area is 195 Å². The molecule has 4 nitrogen and oxygen atoms in total. The van der Waals surface area contributed by atoms with Crippen molar-refractivity contribution in [1.29, 1.82) is 0 Å². The molecule has 4 rings (SSSR count). The molecule has 0 saturated heterocycles. The molecular weight excluding hydrogens is 400 g/mol. The first-order valence-electron chi connectivity index (χ1n) is 13.3.